The summed E-state index contributed by atoms with van der Waals surface area (Å²) < 4.78 is 12.1. The van der Waals surface area contributed by atoms with Crippen molar-refractivity contribution in [3.8, 4) is 34.3 Å². The number of furan rings is 1. The summed E-state index contributed by atoms with van der Waals surface area (Å²) in [6, 6.07) is 34.5. The number of halogens is 2. The van der Waals surface area contributed by atoms with Gasteiger partial charge in [0.25, 0.3) is 0 Å². The van der Waals surface area contributed by atoms with Crippen LogP contribution in [0.2, 0.25) is 10.0 Å². The van der Waals surface area contributed by atoms with Gasteiger partial charge in [-0.15, -0.1) is 0 Å². The van der Waals surface area contributed by atoms with Crippen LogP contribution in [0.25, 0.3) is 22.5 Å². The molecule has 0 bridgehead atoms. The van der Waals surface area contributed by atoms with Crippen molar-refractivity contribution in [2.45, 2.75) is 6.61 Å². The van der Waals surface area contributed by atoms with Crippen LogP contribution in [0.3, 0.4) is 0 Å². The molecule has 0 aliphatic rings. The van der Waals surface area contributed by atoms with Crippen LogP contribution in [0.4, 0.5) is 5.88 Å². The van der Waals surface area contributed by atoms with Gasteiger partial charge in [0.05, 0.1) is 0 Å². The van der Waals surface area contributed by atoms with Crippen LogP contribution in [-0.4, -0.2) is 6.21 Å². The van der Waals surface area contributed by atoms with E-state index in [1.54, 1.807) is 18.3 Å². The van der Waals surface area contributed by atoms with Crippen molar-refractivity contribution >= 4 is 35.3 Å². The number of hydrogen-bond donors (Lipinski definition) is 0. The number of aliphatic imine (C=N–C) groups is 1. The summed E-state index contributed by atoms with van der Waals surface area (Å²) in [5.41, 5.74) is 4.49. The Labute approximate surface area is 225 Å². The van der Waals surface area contributed by atoms with Gasteiger partial charge in [-0.2, -0.15) is 5.26 Å². The zero-order chi connectivity index (χ0) is 25.6. The Balaban J connectivity index is 1.45. The molecule has 0 atom stereocenters. The van der Waals surface area contributed by atoms with Crippen LogP contribution < -0.4 is 4.74 Å². The fourth-order valence-electron chi connectivity index (χ4n) is 3.90. The largest absolute Gasteiger partial charge is 0.489 e. The van der Waals surface area contributed by atoms with Crippen molar-refractivity contribution < 1.29 is 9.15 Å². The molecule has 0 fully saturated rings. The second kappa shape index (κ2) is 11.2. The lowest BCUT2D eigenvalue weighted by Gasteiger charge is -2.08. The monoisotopic (exact) mass is 522 g/mol. The summed E-state index contributed by atoms with van der Waals surface area (Å²) in [4.78, 5) is 4.56. The zero-order valence-corrected chi connectivity index (χ0v) is 21.1. The molecule has 5 rings (SSSR count). The molecule has 0 spiro atoms. The van der Waals surface area contributed by atoms with E-state index >= 15 is 0 Å². The van der Waals surface area contributed by atoms with Crippen LogP contribution >= 0.6 is 23.2 Å². The zero-order valence-electron chi connectivity index (χ0n) is 19.6. The Bertz CT molecular complexity index is 1600. The van der Waals surface area contributed by atoms with E-state index in [0.29, 0.717) is 33.7 Å². The third-order valence-electron chi connectivity index (χ3n) is 5.70. The third kappa shape index (κ3) is 5.59. The van der Waals surface area contributed by atoms with Gasteiger partial charge >= 0.3 is 0 Å². The predicted molar refractivity (Wildman–Crippen MR) is 149 cm³/mol. The summed E-state index contributed by atoms with van der Waals surface area (Å²) in [5.74, 6) is 1.51. The molecule has 180 valence electrons. The van der Waals surface area contributed by atoms with Gasteiger partial charge in [-0.05, 0) is 35.4 Å². The van der Waals surface area contributed by atoms with Crippen molar-refractivity contribution in [3.05, 3.63) is 130 Å². The standard InChI is InChI=1S/C31H20Cl2N2O2/c32-25-15-14-24(28(33)17-25)20-36-26-13-7-8-21(16-26)19-35-31-27(18-34)29(22-9-3-1-4-10-22)30(37-31)23-11-5-2-6-12-23/h1-17,19H,20H2. The number of rotatable bonds is 7. The van der Waals surface area contributed by atoms with Gasteiger partial charge in [-0.25, -0.2) is 4.99 Å². The van der Waals surface area contributed by atoms with E-state index in [9.17, 15) is 5.26 Å². The van der Waals surface area contributed by atoms with Gasteiger partial charge in [-0.1, -0.05) is 102 Å². The molecule has 4 nitrogen and oxygen atoms in total. The molecule has 0 saturated carbocycles. The lowest BCUT2D eigenvalue weighted by molar-refractivity contribution is 0.306. The van der Waals surface area contributed by atoms with Crippen LogP contribution in [-0.2, 0) is 6.61 Å². The molecule has 5 aromatic rings. The van der Waals surface area contributed by atoms with Crippen molar-refractivity contribution in [1.29, 1.82) is 5.26 Å². The summed E-state index contributed by atoms with van der Waals surface area (Å²) in [7, 11) is 0. The second-order valence-corrected chi connectivity index (χ2v) is 9.03. The average Bonchev–Trinajstić information content (AvgIpc) is 3.31. The van der Waals surface area contributed by atoms with Gasteiger partial charge in [0.2, 0.25) is 5.88 Å². The summed E-state index contributed by atoms with van der Waals surface area (Å²) in [6.45, 7) is 0.300. The minimum atomic E-state index is 0.250. The fourth-order valence-corrected chi connectivity index (χ4v) is 4.37. The quantitative estimate of drug-likeness (QED) is 0.200. The molecule has 37 heavy (non-hydrogen) atoms. The number of nitrogens with zero attached hydrogens (tertiary/aromatic N) is 2. The molecule has 0 aliphatic carbocycles. The van der Waals surface area contributed by atoms with Gasteiger partial charge in [0.1, 0.15) is 29.7 Å². The van der Waals surface area contributed by atoms with Gasteiger partial charge in [0.15, 0.2) is 0 Å². The van der Waals surface area contributed by atoms with Crippen LogP contribution in [0.1, 0.15) is 16.7 Å². The van der Waals surface area contributed by atoms with E-state index in [1.807, 2.05) is 91.0 Å². The van der Waals surface area contributed by atoms with Crippen molar-refractivity contribution in [2.24, 2.45) is 4.99 Å². The second-order valence-electron chi connectivity index (χ2n) is 8.19. The Morgan fingerprint density at radius 2 is 1.57 bits per heavy atom. The first kappa shape index (κ1) is 24.4. The minimum absolute atomic E-state index is 0.250. The van der Waals surface area contributed by atoms with Crippen molar-refractivity contribution in [3.63, 3.8) is 0 Å². The van der Waals surface area contributed by atoms with Gasteiger partial charge < -0.3 is 9.15 Å². The topological polar surface area (TPSA) is 58.5 Å². The molecule has 1 heterocycles. The number of ether oxygens (including phenoxy) is 1. The van der Waals surface area contributed by atoms with E-state index in [2.05, 4.69) is 11.1 Å². The average molecular weight is 523 g/mol. The Morgan fingerprint density at radius 1 is 0.838 bits per heavy atom. The smallest absolute Gasteiger partial charge is 0.238 e. The Morgan fingerprint density at radius 3 is 2.27 bits per heavy atom. The molecule has 0 saturated heterocycles. The van der Waals surface area contributed by atoms with Crippen LogP contribution in [0.15, 0.2) is 113 Å². The van der Waals surface area contributed by atoms with E-state index < -0.39 is 0 Å². The molecular weight excluding hydrogens is 503 g/mol. The lowest BCUT2D eigenvalue weighted by atomic mass is 9.98. The molecule has 0 unspecified atom stereocenters. The summed E-state index contributed by atoms with van der Waals surface area (Å²) >= 11 is 12.2. The summed E-state index contributed by atoms with van der Waals surface area (Å²) in [5, 5.41) is 11.2. The third-order valence-corrected chi connectivity index (χ3v) is 6.29. The number of nitriles is 1. The predicted octanol–water partition coefficient (Wildman–Crippen LogP) is 9.12. The highest BCUT2D eigenvalue weighted by molar-refractivity contribution is 6.35. The highest BCUT2D eigenvalue weighted by Gasteiger charge is 2.22. The van der Waals surface area contributed by atoms with Crippen molar-refractivity contribution in [1.82, 2.24) is 0 Å². The highest BCUT2D eigenvalue weighted by Crippen LogP contribution is 2.42. The van der Waals surface area contributed by atoms with Crippen molar-refractivity contribution in [2.75, 3.05) is 0 Å². The molecule has 0 amide bonds. The molecule has 0 N–H and O–H groups in total. The highest BCUT2D eigenvalue weighted by atomic mass is 35.5. The first-order chi connectivity index (χ1) is 18.1. The minimum Gasteiger partial charge on any atom is -0.489 e. The first-order valence-corrected chi connectivity index (χ1v) is 12.3. The first-order valence-electron chi connectivity index (χ1n) is 11.5. The number of hydrogen-bond acceptors (Lipinski definition) is 4. The Kier molecular flexibility index (Phi) is 7.37. The molecule has 0 radical (unpaired) electrons. The van der Waals surface area contributed by atoms with E-state index in [0.717, 1.165) is 27.8 Å². The molecule has 0 aliphatic heterocycles. The molecule has 1 aromatic heterocycles. The maximum Gasteiger partial charge on any atom is 0.238 e. The lowest BCUT2D eigenvalue weighted by Crippen LogP contribution is -1.96. The van der Waals surface area contributed by atoms with E-state index in [1.165, 1.54) is 0 Å². The van der Waals surface area contributed by atoms with Crippen LogP contribution in [0, 0.1) is 11.3 Å². The Hall–Kier alpha value is -4.30. The summed E-state index contributed by atoms with van der Waals surface area (Å²) in [6.07, 6.45) is 1.66. The van der Waals surface area contributed by atoms with Gasteiger partial charge in [-0.3, -0.25) is 0 Å². The SMILES string of the molecule is N#Cc1c(N=Cc2cccc(OCc3ccc(Cl)cc3Cl)c2)oc(-c2ccccc2)c1-c1ccccc1. The van der Waals surface area contributed by atoms with E-state index in [4.69, 9.17) is 32.4 Å². The fraction of sp³-hybridized carbons (Fsp3) is 0.0323. The molecule has 4 aromatic carbocycles. The van der Waals surface area contributed by atoms with Crippen LogP contribution in [0.5, 0.6) is 5.75 Å². The normalized spacial score (nSPS) is 10.9. The molecular formula is C31H20Cl2N2O2. The maximum atomic E-state index is 10.1. The number of benzene rings is 4. The maximum absolute atomic E-state index is 10.1. The van der Waals surface area contributed by atoms with Gasteiger partial charge in [0, 0.05) is 33.0 Å². The van der Waals surface area contributed by atoms with E-state index in [-0.39, 0.29) is 5.88 Å². The molecule has 6 heteroatoms.